The van der Waals surface area contributed by atoms with Gasteiger partial charge in [0.15, 0.2) is 0 Å². The number of likely N-dealkylation sites (tertiary alicyclic amines) is 1. The molecule has 0 aromatic heterocycles. The minimum absolute atomic E-state index is 0.00150. The Morgan fingerprint density at radius 3 is 2.83 bits per heavy atom. The highest BCUT2D eigenvalue weighted by Crippen LogP contribution is 2.15. The van der Waals surface area contributed by atoms with Crippen molar-refractivity contribution in [3.05, 3.63) is 30.1 Å². The molecule has 2 amide bonds. The molecule has 2 aliphatic rings. The lowest BCUT2D eigenvalue weighted by molar-refractivity contribution is -0.125. The maximum atomic E-state index is 13.2. The molecule has 0 radical (unpaired) electrons. The predicted octanol–water partition coefficient (Wildman–Crippen LogP) is 1.49. The molecule has 2 N–H and O–H groups in total. The van der Waals surface area contributed by atoms with E-state index in [0.29, 0.717) is 11.6 Å². The van der Waals surface area contributed by atoms with Crippen LogP contribution in [0.1, 0.15) is 25.7 Å². The van der Waals surface area contributed by atoms with E-state index in [0.717, 1.165) is 25.9 Å². The zero-order valence-electron chi connectivity index (χ0n) is 12.7. The van der Waals surface area contributed by atoms with Crippen molar-refractivity contribution in [3.63, 3.8) is 0 Å². The number of amides is 2. The highest BCUT2D eigenvalue weighted by molar-refractivity contribution is 6.05. The Hall–Kier alpha value is -2.44. The SMILES string of the molecule is O=C1C[C@H](C(=O)Nc2cccc(F)c2)N=C(N2CCCCC2)N1. The van der Waals surface area contributed by atoms with Crippen LogP contribution in [-0.4, -0.2) is 41.8 Å². The fraction of sp³-hybridized carbons (Fsp3) is 0.438. The molecule has 0 spiro atoms. The van der Waals surface area contributed by atoms with Crippen molar-refractivity contribution >= 4 is 23.5 Å². The molecule has 2 heterocycles. The van der Waals surface area contributed by atoms with Crippen molar-refractivity contribution in [2.45, 2.75) is 31.7 Å². The van der Waals surface area contributed by atoms with Crippen LogP contribution in [0, 0.1) is 5.82 Å². The van der Waals surface area contributed by atoms with Crippen LogP contribution in [0.15, 0.2) is 29.3 Å². The highest BCUT2D eigenvalue weighted by Gasteiger charge is 2.29. The summed E-state index contributed by atoms with van der Waals surface area (Å²) in [6.45, 7) is 1.66. The molecule has 6 nitrogen and oxygen atoms in total. The molecule has 1 saturated heterocycles. The van der Waals surface area contributed by atoms with E-state index in [4.69, 9.17) is 0 Å². The van der Waals surface area contributed by atoms with Crippen LogP contribution in [0.2, 0.25) is 0 Å². The summed E-state index contributed by atoms with van der Waals surface area (Å²) in [6.07, 6.45) is 3.27. The number of hydrogen-bond donors (Lipinski definition) is 2. The summed E-state index contributed by atoms with van der Waals surface area (Å²) in [5.41, 5.74) is 0.357. The monoisotopic (exact) mass is 318 g/mol. The van der Waals surface area contributed by atoms with Gasteiger partial charge in [0.2, 0.25) is 17.8 Å². The van der Waals surface area contributed by atoms with Crippen molar-refractivity contribution < 1.29 is 14.0 Å². The van der Waals surface area contributed by atoms with Gasteiger partial charge in [-0.05, 0) is 37.5 Å². The summed E-state index contributed by atoms with van der Waals surface area (Å²) >= 11 is 0. The fourth-order valence-electron chi connectivity index (χ4n) is 2.79. The number of piperidine rings is 1. The third-order valence-corrected chi connectivity index (χ3v) is 3.96. The van der Waals surface area contributed by atoms with Crippen LogP contribution in [0.5, 0.6) is 0 Å². The maximum Gasteiger partial charge on any atom is 0.249 e. The molecule has 0 bridgehead atoms. The first-order chi connectivity index (χ1) is 11.1. The molecule has 3 rings (SSSR count). The molecule has 0 unspecified atom stereocenters. The van der Waals surface area contributed by atoms with Gasteiger partial charge in [0.25, 0.3) is 0 Å². The molecule has 1 aromatic carbocycles. The van der Waals surface area contributed by atoms with E-state index in [2.05, 4.69) is 15.6 Å². The lowest BCUT2D eigenvalue weighted by Gasteiger charge is -2.32. The molecule has 1 fully saturated rings. The lowest BCUT2D eigenvalue weighted by Crippen LogP contribution is -2.51. The number of nitrogens with one attached hydrogen (secondary N) is 2. The normalized spacial score (nSPS) is 21.4. The molecule has 2 aliphatic heterocycles. The minimum Gasteiger partial charge on any atom is -0.343 e. The molecule has 1 atom stereocenters. The number of rotatable bonds is 2. The van der Waals surface area contributed by atoms with E-state index < -0.39 is 17.8 Å². The number of carbonyl (C=O) groups is 2. The number of anilines is 1. The second-order valence-corrected chi connectivity index (χ2v) is 5.77. The van der Waals surface area contributed by atoms with Crippen LogP contribution < -0.4 is 10.6 Å². The van der Waals surface area contributed by atoms with Crippen LogP contribution in [-0.2, 0) is 9.59 Å². The summed E-state index contributed by atoms with van der Waals surface area (Å²) in [6, 6.07) is 4.86. The molecule has 122 valence electrons. The largest absolute Gasteiger partial charge is 0.343 e. The van der Waals surface area contributed by atoms with Gasteiger partial charge >= 0.3 is 0 Å². The molecule has 0 saturated carbocycles. The summed E-state index contributed by atoms with van der Waals surface area (Å²) < 4.78 is 13.2. The first-order valence-corrected chi connectivity index (χ1v) is 7.81. The van der Waals surface area contributed by atoms with Crippen LogP contribution in [0.3, 0.4) is 0 Å². The molecule has 0 aliphatic carbocycles. The zero-order valence-corrected chi connectivity index (χ0v) is 12.7. The molecule has 23 heavy (non-hydrogen) atoms. The van der Waals surface area contributed by atoms with Gasteiger partial charge in [-0.2, -0.15) is 0 Å². The van der Waals surface area contributed by atoms with Crippen molar-refractivity contribution in [3.8, 4) is 0 Å². The highest BCUT2D eigenvalue weighted by atomic mass is 19.1. The average Bonchev–Trinajstić information content (AvgIpc) is 2.55. The second-order valence-electron chi connectivity index (χ2n) is 5.77. The van der Waals surface area contributed by atoms with Crippen molar-refractivity contribution in [1.29, 1.82) is 0 Å². The number of guanidine groups is 1. The first-order valence-electron chi connectivity index (χ1n) is 7.81. The Morgan fingerprint density at radius 1 is 1.30 bits per heavy atom. The van der Waals surface area contributed by atoms with Gasteiger partial charge in [-0.3, -0.25) is 14.9 Å². The molecule has 7 heteroatoms. The van der Waals surface area contributed by atoms with E-state index in [-0.39, 0.29) is 12.3 Å². The first kappa shape index (κ1) is 15.5. The smallest absolute Gasteiger partial charge is 0.249 e. The van der Waals surface area contributed by atoms with Crippen LogP contribution in [0.25, 0.3) is 0 Å². The Bertz CT molecular complexity index is 641. The number of halogens is 1. The van der Waals surface area contributed by atoms with Crippen LogP contribution >= 0.6 is 0 Å². The Kier molecular flexibility index (Phi) is 4.55. The van der Waals surface area contributed by atoms with E-state index >= 15 is 0 Å². The van der Waals surface area contributed by atoms with Gasteiger partial charge < -0.3 is 10.2 Å². The summed E-state index contributed by atoms with van der Waals surface area (Å²) in [4.78, 5) is 30.6. The van der Waals surface area contributed by atoms with Gasteiger partial charge in [0.1, 0.15) is 11.9 Å². The molecular weight excluding hydrogens is 299 g/mol. The minimum atomic E-state index is -0.788. The summed E-state index contributed by atoms with van der Waals surface area (Å²) in [5, 5.41) is 5.35. The number of carbonyl (C=O) groups excluding carboxylic acids is 2. The van der Waals surface area contributed by atoms with E-state index in [1.807, 2.05) is 4.90 Å². The summed E-state index contributed by atoms with van der Waals surface area (Å²) in [7, 11) is 0. The Labute approximate surface area is 133 Å². The third-order valence-electron chi connectivity index (χ3n) is 3.96. The van der Waals surface area contributed by atoms with E-state index in [1.54, 1.807) is 6.07 Å². The average molecular weight is 318 g/mol. The fourth-order valence-corrected chi connectivity index (χ4v) is 2.79. The van der Waals surface area contributed by atoms with Crippen LogP contribution in [0.4, 0.5) is 10.1 Å². The maximum absolute atomic E-state index is 13.2. The van der Waals surface area contributed by atoms with E-state index in [9.17, 15) is 14.0 Å². The molecule has 1 aromatic rings. The van der Waals surface area contributed by atoms with Gasteiger partial charge in [0.05, 0.1) is 6.42 Å². The predicted molar refractivity (Wildman–Crippen MR) is 84.4 cm³/mol. The van der Waals surface area contributed by atoms with Crippen molar-refractivity contribution in [2.24, 2.45) is 4.99 Å². The van der Waals surface area contributed by atoms with Gasteiger partial charge in [-0.25, -0.2) is 9.38 Å². The Morgan fingerprint density at radius 2 is 2.09 bits per heavy atom. The molecular formula is C16H19FN4O2. The summed E-state index contributed by atoms with van der Waals surface area (Å²) in [5.74, 6) is -0.582. The standard InChI is InChI=1S/C16H19FN4O2/c17-11-5-4-6-12(9-11)18-15(23)13-10-14(22)20-16(19-13)21-7-2-1-3-8-21/h4-6,9,13H,1-3,7-8,10H2,(H,18,23)(H,19,20,22)/t13-/m1/s1. The van der Waals surface area contributed by atoms with Gasteiger partial charge in [0, 0.05) is 18.8 Å². The van der Waals surface area contributed by atoms with E-state index in [1.165, 1.54) is 24.6 Å². The lowest BCUT2D eigenvalue weighted by atomic mass is 10.1. The second kappa shape index (κ2) is 6.76. The number of hydrogen-bond acceptors (Lipinski definition) is 4. The zero-order chi connectivity index (χ0) is 16.2. The Balaban J connectivity index is 1.72. The van der Waals surface area contributed by atoms with Crippen molar-refractivity contribution in [2.75, 3.05) is 18.4 Å². The number of aliphatic imine (C=N–C) groups is 1. The van der Waals surface area contributed by atoms with Crippen molar-refractivity contribution in [1.82, 2.24) is 10.2 Å². The van der Waals surface area contributed by atoms with Gasteiger partial charge in [-0.15, -0.1) is 0 Å². The number of nitrogens with zero attached hydrogens (tertiary/aromatic N) is 2. The van der Waals surface area contributed by atoms with Gasteiger partial charge in [-0.1, -0.05) is 6.07 Å². The third kappa shape index (κ3) is 3.85. The quantitative estimate of drug-likeness (QED) is 0.868. The topological polar surface area (TPSA) is 73.8 Å². The number of benzene rings is 1.